The monoisotopic (exact) mass is 400 g/mol. The van der Waals surface area contributed by atoms with Crippen molar-refractivity contribution in [2.45, 2.75) is 37.5 Å². The number of aldehydes is 1. The molecule has 4 rings (SSSR count). The van der Waals surface area contributed by atoms with E-state index in [4.69, 9.17) is 22.3 Å². The molecular formula is C19H17ClN4O2S. The zero-order chi connectivity index (χ0) is 19.0. The number of hydrogen-bond acceptors (Lipinski definition) is 6. The van der Waals surface area contributed by atoms with E-state index in [0.29, 0.717) is 21.9 Å². The molecule has 3 aromatic heterocycles. The van der Waals surface area contributed by atoms with E-state index in [2.05, 4.69) is 9.97 Å². The van der Waals surface area contributed by atoms with Crippen molar-refractivity contribution in [2.75, 3.05) is 0 Å². The molecule has 27 heavy (non-hydrogen) atoms. The van der Waals surface area contributed by atoms with Crippen LogP contribution < -0.4 is 5.73 Å². The van der Waals surface area contributed by atoms with Crippen LogP contribution in [0.3, 0.4) is 0 Å². The maximum absolute atomic E-state index is 11.4. The molecule has 3 aromatic rings. The zero-order valence-corrected chi connectivity index (χ0v) is 16.0. The minimum Gasteiger partial charge on any atom is -0.364 e. The fraction of sp³-hybridized carbons (Fsp3) is 0.316. The van der Waals surface area contributed by atoms with Gasteiger partial charge in [-0.05, 0) is 42.5 Å². The van der Waals surface area contributed by atoms with E-state index >= 15 is 0 Å². The second kappa shape index (κ2) is 7.32. The molecule has 6 nitrogen and oxygen atoms in total. The Balaban J connectivity index is 1.80. The highest BCUT2D eigenvalue weighted by Gasteiger charge is 2.31. The highest BCUT2D eigenvalue weighted by atomic mass is 35.5. The predicted molar refractivity (Wildman–Crippen MR) is 104 cm³/mol. The summed E-state index contributed by atoms with van der Waals surface area (Å²) < 4.78 is 0. The number of nitrogens with two attached hydrogens (primary N) is 1. The van der Waals surface area contributed by atoms with E-state index < -0.39 is 5.91 Å². The Bertz CT molecular complexity index is 1020. The molecule has 138 valence electrons. The number of hydrogen-bond donors (Lipinski definition) is 1. The van der Waals surface area contributed by atoms with Crippen LogP contribution in [0.1, 0.15) is 57.7 Å². The number of halogens is 1. The molecule has 2 N–H and O–H groups in total. The lowest BCUT2D eigenvalue weighted by molar-refractivity contribution is -0.108. The van der Waals surface area contributed by atoms with Crippen molar-refractivity contribution in [3.63, 3.8) is 0 Å². The van der Waals surface area contributed by atoms with Gasteiger partial charge in [0.2, 0.25) is 0 Å². The average Bonchev–Trinajstić information content (AvgIpc) is 3.08. The largest absolute Gasteiger partial charge is 0.364 e. The van der Waals surface area contributed by atoms with Crippen molar-refractivity contribution in [3.8, 4) is 0 Å². The van der Waals surface area contributed by atoms with Gasteiger partial charge in [-0.2, -0.15) is 0 Å². The number of rotatable bonds is 5. The number of nitrogens with zero attached hydrogens (tertiary/aromatic N) is 3. The van der Waals surface area contributed by atoms with Gasteiger partial charge in [0.15, 0.2) is 5.01 Å². The Morgan fingerprint density at radius 3 is 2.96 bits per heavy atom. The average molecular weight is 401 g/mol. The third kappa shape index (κ3) is 3.44. The van der Waals surface area contributed by atoms with Crippen molar-refractivity contribution in [3.05, 3.63) is 51.4 Å². The Labute approximate surface area is 164 Å². The van der Waals surface area contributed by atoms with Crippen LogP contribution in [0.15, 0.2) is 24.4 Å². The molecule has 8 heteroatoms. The molecule has 1 aliphatic rings. The fourth-order valence-electron chi connectivity index (χ4n) is 3.83. The Morgan fingerprint density at radius 2 is 2.26 bits per heavy atom. The van der Waals surface area contributed by atoms with Crippen LogP contribution in [-0.4, -0.2) is 27.1 Å². The molecule has 0 spiro atoms. The number of pyridine rings is 2. The van der Waals surface area contributed by atoms with Crippen LogP contribution in [0.2, 0.25) is 5.15 Å². The summed E-state index contributed by atoms with van der Waals surface area (Å²) in [6.07, 6.45) is 5.93. The molecule has 0 fully saturated rings. The number of primary amides is 1. The van der Waals surface area contributed by atoms with Crippen LogP contribution in [0.4, 0.5) is 0 Å². The lowest BCUT2D eigenvalue weighted by Crippen LogP contribution is -2.19. The number of fused-ring (bicyclic) bond motifs is 2. The van der Waals surface area contributed by atoms with Gasteiger partial charge >= 0.3 is 0 Å². The van der Waals surface area contributed by atoms with E-state index in [1.165, 1.54) is 11.3 Å². The van der Waals surface area contributed by atoms with Gasteiger partial charge in [-0.1, -0.05) is 29.0 Å². The number of amides is 1. The summed E-state index contributed by atoms with van der Waals surface area (Å²) in [5.41, 5.74) is 9.15. The molecule has 1 unspecified atom stereocenters. The topological polar surface area (TPSA) is 98.8 Å². The quantitative estimate of drug-likeness (QED) is 0.520. The van der Waals surface area contributed by atoms with E-state index in [0.717, 1.165) is 42.4 Å². The standard InChI is InChI=1S/C19H17ClN4O2S/c20-15-5-4-11(9-22-15)12(6-7-25)13-3-1-2-10-8-14-18(24-16(10)13)27-19(23-14)17(21)26/h4-5,7-9,12-13H,1-3,6H2,(H2,21,26)/t12-,13?/m0/s1. The Kier molecular flexibility index (Phi) is 4.88. The van der Waals surface area contributed by atoms with E-state index in [1.54, 1.807) is 12.3 Å². The third-order valence-corrected chi connectivity index (χ3v) is 6.24. The molecule has 3 heterocycles. The number of thiazole rings is 1. The molecule has 1 amide bonds. The second-order valence-corrected chi connectivity index (χ2v) is 8.03. The molecule has 0 saturated carbocycles. The van der Waals surface area contributed by atoms with Gasteiger partial charge in [-0.15, -0.1) is 0 Å². The molecule has 0 saturated heterocycles. The lowest BCUT2D eigenvalue weighted by atomic mass is 9.75. The first-order valence-electron chi connectivity index (χ1n) is 8.72. The molecule has 0 aromatic carbocycles. The molecule has 0 aliphatic heterocycles. The van der Waals surface area contributed by atoms with Gasteiger partial charge < -0.3 is 10.5 Å². The van der Waals surface area contributed by atoms with E-state index in [-0.39, 0.29) is 16.8 Å². The molecule has 2 atom stereocenters. The van der Waals surface area contributed by atoms with E-state index in [9.17, 15) is 9.59 Å². The summed E-state index contributed by atoms with van der Waals surface area (Å²) in [5.74, 6) is -0.455. The first-order chi connectivity index (χ1) is 13.1. The maximum atomic E-state index is 11.4. The molecular weight excluding hydrogens is 384 g/mol. The first kappa shape index (κ1) is 18.0. The highest BCUT2D eigenvalue weighted by Crippen LogP contribution is 2.43. The minimum absolute atomic E-state index is 0.0141. The van der Waals surface area contributed by atoms with Gasteiger partial charge in [-0.3, -0.25) is 4.79 Å². The third-order valence-electron chi connectivity index (χ3n) is 5.03. The summed E-state index contributed by atoms with van der Waals surface area (Å²) in [4.78, 5) is 36.8. The van der Waals surface area contributed by atoms with Crippen LogP contribution in [0, 0.1) is 0 Å². The van der Waals surface area contributed by atoms with Crippen molar-refractivity contribution in [2.24, 2.45) is 5.73 Å². The summed E-state index contributed by atoms with van der Waals surface area (Å²) in [6.45, 7) is 0. The Hall–Kier alpha value is -2.38. The second-order valence-electron chi connectivity index (χ2n) is 6.66. The minimum atomic E-state index is -0.543. The van der Waals surface area contributed by atoms with Crippen molar-refractivity contribution in [1.29, 1.82) is 0 Å². The molecule has 0 radical (unpaired) electrons. The fourth-order valence-corrected chi connectivity index (χ4v) is 4.72. The zero-order valence-electron chi connectivity index (χ0n) is 14.4. The van der Waals surface area contributed by atoms with Gasteiger partial charge in [0.05, 0.1) is 0 Å². The summed E-state index contributed by atoms with van der Waals surface area (Å²) in [7, 11) is 0. The predicted octanol–water partition coefficient (Wildman–Crippen LogP) is 3.63. The van der Waals surface area contributed by atoms with E-state index in [1.807, 2.05) is 12.1 Å². The number of carbonyl (C=O) groups is 2. The van der Waals surface area contributed by atoms with Gasteiger partial charge in [0.1, 0.15) is 21.8 Å². The van der Waals surface area contributed by atoms with Crippen LogP contribution in [0.25, 0.3) is 10.3 Å². The smallest absolute Gasteiger partial charge is 0.277 e. The summed E-state index contributed by atoms with van der Waals surface area (Å²) in [6, 6.07) is 5.68. The first-order valence-corrected chi connectivity index (χ1v) is 9.91. The highest BCUT2D eigenvalue weighted by molar-refractivity contribution is 7.19. The lowest BCUT2D eigenvalue weighted by Gasteiger charge is -2.30. The Morgan fingerprint density at radius 1 is 1.41 bits per heavy atom. The van der Waals surface area contributed by atoms with Gasteiger partial charge in [-0.25, -0.2) is 15.0 Å². The van der Waals surface area contributed by atoms with Gasteiger partial charge in [0, 0.05) is 30.1 Å². The van der Waals surface area contributed by atoms with Gasteiger partial charge in [0.25, 0.3) is 5.91 Å². The number of carbonyl (C=O) groups excluding carboxylic acids is 2. The number of aromatic nitrogens is 3. The SMILES string of the molecule is NC(=O)c1nc2cc3c(nc2s1)C([C@@H](CC=O)c1ccc(Cl)nc1)CCC3. The summed E-state index contributed by atoms with van der Waals surface area (Å²) >= 11 is 7.12. The summed E-state index contributed by atoms with van der Waals surface area (Å²) in [5, 5.41) is 0.693. The maximum Gasteiger partial charge on any atom is 0.277 e. The van der Waals surface area contributed by atoms with Crippen LogP contribution in [-0.2, 0) is 11.2 Å². The normalized spacial score (nSPS) is 17.4. The van der Waals surface area contributed by atoms with Crippen molar-refractivity contribution < 1.29 is 9.59 Å². The van der Waals surface area contributed by atoms with Crippen molar-refractivity contribution >= 4 is 45.5 Å². The van der Waals surface area contributed by atoms with Crippen molar-refractivity contribution in [1.82, 2.24) is 15.0 Å². The molecule has 1 aliphatic carbocycles. The van der Waals surface area contributed by atoms with Crippen LogP contribution >= 0.6 is 22.9 Å². The molecule has 0 bridgehead atoms. The number of aryl methyl sites for hydroxylation is 1. The van der Waals surface area contributed by atoms with Crippen LogP contribution in [0.5, 0.6) is 0 Å².